The minimum absolute atomic E-state index is 0. The molecule has 2 fully saturated rings. The predicted molar refractivity (Wildman–Crippen MR) is 121 cm³/mol. The van der Waals surface area contributed by atoms with Crippen LogP contribution in [0.4, 0.5) is 11.4 Å². The van der Waals surface area contributed by atoms with Gasteiger partial charge >= 0.3 is 0 Å². The average molecular weight is 441 g/mol. The van der Waals surface area contributed by atoms with Crippen LogP contribution in [0, 0.1) is 5.92 Å². The summed E-state index contributed by atoms with van der Waals surface area (Å²) < 4.78 is 1.83. The third-order valence-corrected chi connectivity index (χ3v) is 5.68. The molecule has 1 aromatic heterocycles. The molecule has 29 heavy (non-hydrogen) atoms. The molecule has 2 saturated heterocycles. The fraction of sp³-hybridized carbons (Fsp3) is 0.550. The van der Waals surface area contributed by atoms with Gasteiger partial charge in [0.25, 0.3) is 5.91 Å². The molecular formula is C20H30Cl2N6O. The lowest BCUT2D eigenvalue weighted by molar-refractivity contribution is 0.102. The highest BCUT2D eigenvalue weighted by Gasteiger charge is 2.20. The molecule has 2 aromatic rings. The van der Waals surface area contributed by atoms with Crippen molar-refractivity contribution in [1.82, 2.24) is 20.3 Å². The van der Waals surface area contributed by atoms with Gasteiger partial charge in [0, 0.05) is 24.5 Å². The number of benzene rings is 1. The number of amides is 1. The SMILES string of the molecule is CC1CCN(c2cccc(NC(=O)c3cn(C4CCNCC4)nn3)c2)CC1.Cl.Cl. The van der Waals surface area contributed by atoms with E-state index in [0.717, 1.165) is 56.3 Å². The van der Waals surface area contributed by atoms with Gasteiger partial charge in [0.15, 0.2) is 5.69 Å². The van der Waals surface area contributed by atoms with Crippen molar-refractivity contribution in [2.75, 3.05) is 36.4 Å². The Bertz CT molecular complexity index is 785. The molecule has 0 radical (unpaired) electrons. The van der Waals surface area contributed by atoms with Crippen LogP contribution in [-0.2, 0) is 0 Å². The van der Waals surface area contributed by atoms with Crippen molar-refractivity contribution in [3.8, 4) is 0 Å². The van der Waals surface area contributed by atoms with Crippen LogP contribution in [0.5, 0.6) is 0 Å². The van der Waals surface area contributed by atoms with Gasteiger partial charge in [0.1, 0.15) is 0 Å². The first-order chi connectivity index (χ1) is 13.2. The highest BCUT2D eigenvalue weighted by Crippen LogP contribution is 2.25. The molecule has 0 saturated carbocycles. The van der Waals surface area contributed by atoms with Gasteiger partial charge in [-0.2, -0.15) is 0 Å². The number of piperidine rings is 2. The van der Waals surface area contributed by atoms with Crippen LogP contribution in [0.15, 0.2) is 30.5 Å². The Balaban J connectivity index is 0.00000150. The topological polar surface area (TPSA) is 75.1 Å². The zero-order valence-electron chi connectivity index (χ0n) is 16.7. The van der Waals surface area contributed by atoms with Crippen LogP contribution in [0.1, 0.15) is 49.1 Å². The normalized spacial score (nSPS) is 17.9. The Morgan fingerprint density at radius 3 is 2.59 bits per heavy atom. The van der Waals surface area contributed by atoms with Crippen LogP contribution in [0.25, 0.3) is 0 Å². The van der Waals surface area contributed by atoms with Crippen molar-refractivity contribution >= 4 is 42.1 Å². The summed E-state index contributed by atoms with van der Waals surface area (Å²) in [5, 5.41) is 14.6. The Morgan fingerprint density at radius 1 is 1.14 bits per heavy atom. The van der Waals surface area contributed by atoms with Gasteiger partial charge in [-0.05, 0) is 62.9 Å². The van der Waals surface area contributed by atoms with E-state index in [1.165, 1.54) is 12.8 Å². The molecule has 2 aliphatic rings. The zero-order chi connectivity index (χ0) is 18.6. The van der Waals surface area contributed by atoms with E-state index in [-0.39, 0.29) is 30.7 Å². The van der Waals surface area contributed by atoms with Crippen molar-refractivity contribution in [3.05, 3.63) is 36.2 Å². The van der Waals surface area contributed by atoms with Gasteiger partial charge in [-0.25, -0.2) is 4.68 Å². The molecule has 7 nitrogen and oxygen atoms in total. The van der Waals surface area contributed by atoms with Gasteiger partial charge in [-0.15, -0.1) is 29.9 Å². The Morgan fingerprint density at radius 2 is 1.86 bits per heavy atom. The van der Waals surface area contributed by atoms with E-state index in [1.54, 1.807) is 6.20 Å². The molecule has 1 amide bonds. The maximum Gasteiger partial charge on any atom is 0.277 e. The lowest BCUT2D eigenvalue weighted by atomic mass is 9.99. The van der Waals surface area contributed by atoms with Crippen molar-refractivity contribution in [1.29, 1.82) is 0 Å². The molecule has 0 spiro atoms. The Labute approximate surface area is 184 Å². The van der Waals surface area contributed by atoms with Crippen molar-refractivity contribution in [2.24, 2.45) is 5.92 Å². The molecule has 0 bridgehead atoms. The second-order valence-corrected chi connectivity index (χ2v) is 7.74. The quantitative estimate of drug-likeness (QED) is 0.760. The van der Waals surface area contributed by atoms with E-state index in [9.17, 15) is 4.79 Å². The molecule has 0 unspecified atom stereocenters. The Hall–Kier alpha value is -1.83. The molecule has 4 rings (SSSR count). The summed E-state index contributed by atoms with van der Waals surface area (Å²) >= 11 is 0. The van der Waals surface area contributed by atoms with E-state index >= 15 is 0 Å². The first-order valence-corrected chi connectivity index (χ1v) is 9.98. The summed E-state index contributed by atoms with van der Waals surface area (Å²) in [5.74, 6) is 0.589. The fourth-order valence-electron chi connectivity index (χ4n) is 3.87. The molecule has 0 aliphatic carbocycles. The number of carbonyl (C=O) groups is 1. The third kappa shape index (κ3) is 5.84. The van der Waals surface area contributed by atoms with Crippen molar-refractivity contribution in [3.63, 3.8) is 0 Å². The molecule has 1 aromatic carbocycles. The molecule has 2 N–H and O–H groups in total. The number of nitrogens with zero attached hydrogens (tertiary/aromatic N) is 4. The van der Waals surface area contributed by atoms with Gasteiger partial charge in [-0.1, -0.05) is 18.2 Å². The van der Waals surface area contributed by atoms with E-state index in [1.807, 2.05) is 22.9 Å². The monoisotopic (exact) mass is 440 g/mol. The third-order valence-electron chi connectivity index (χ3n) is 5.68. The van der Waals surface area contributed by atoms with E-state index < -0.39 is 0 Å². The minimum Gasteiger partial charge on any atom is -0.371 e. The highest BCUT2D eigenvalue weighted by molar-refractivity contribution is 6.02. The van der Waals surface area contributed by atoms with Crippen LogP contribution < -0.4 is 15.5 Å². The molecular weight excluding hydrogens is 411 g/mol. The lowest BCUT2D eigenvalue weighted by Crippen LogP contribution is -2.32. The number of carbonyl (C=O) groups excluding carboxylic acids is 1. The average Bonchev–Trinajstić information content (AvgIpc) is 3.20. The van der Waals surface area contributed by atoms with Gasteiger partial charge < -0.3 is 15.5 Å². The summed E-state index contributed by atoms with van der Waals surface area (Å²) in [6, 6.07) is 8.40. The van der Waals surface area contributed by atoms with Gasteiger partial charge in [0.2, 0.25) is 0 Å². The number of anilines is 2. The second kappa shape index (κ2) is 10.8. The number of aromatic nitrogens is 3. The molecule has 2 aliphatic heterocycles. The fourth-order valence-corrected chi connectivity index (χ4v) is 3.87. The summed E-state index contributed by atoms with van der Waals surface area (Å²) in [4.78, 5) is 15.0. The smallest absolute Gasteiger partial charge is 0.277 e. The van der Waals surface area contributed by atoms with E-state index in [4.69, 9.17) is 0 Å². The van der Waals surface area contributed by atoms with Crippen LogP contribution in [-0.4, -0.2) is 47.1 Å². The largest absolute Gasteiger partial charge is 0.371 e. The first-order valence-electron chi connectivity index (χ1n) is 9.98. The molecule has 160 valence electrons. The maximum atomic E-state index is 12.6. The summed E-state index contributed by atoms with van der Waals surface area (Å²) in [5.41, 5.74) is 2.33. The number of nitrogens with one attached hydrogen (secondary N) is 2. The summed E-state index contributed by atoms with van der Waals surface area (Å²) in [7, 11) is 0. The van der Waals surface area contributed by atoms with Gasteiger partial charge in [0.05, 0.1) is 12.2 Å². The minimum atomic E-state index is -0.209. The van der Waals surface area contributed by atoms with Crippen LogP contribution in [0.2, 0.25) is 0 Å². The van der Waals surface area contributed by atoms with Crippen LogP contribution >= 0.6 is 24.8 Å². The summed E-state index contributed by atoms with van der Waals surface area (Å²) in [6.07, 6.45) is 6.23. The number of hydrogen-bond acceptors (Lipinski definition) is 5. The lowest BCUT2D eigenvalue weighted by Gasteiger charge is -2.32. The standard InChI is InChI=1S/C20H28N6O.2ClH/c1-15-7-11-25(12-8-15)18-4-2-3-16(13-18)22-20(27)19-14-26(24-23-19)17-5-9-21-10-6-17;;/h2-4,13-15,17,21H,5-12H2,1H3,(H,22,27);2*1H. The van der Waals surface area contributed by atoms with Crippen molar-refractivity contribution < 1.29 is 4.79 Å². The number of halogens is 2. The highest BCUT2D eigenvalue weighted by atomic mass is 35.5. The molecule has 3 heterocycles. The zero-order valence-corrected chi connectivity index (χ0v) is 18.3. The van der Waals surface area contributed by atoms with Crippen LogP contribution in [0.3, 0.4) is 0 Å². The predicted octanol–water partition coefficient (Wildman–Crippen LogP) is 3.53. The van der Waals surface area contributed by atoms with Crippen molar-refractivity contribution in [2.45, 2.75) is 38.6 Å². The number of rotatable bonds is 4. The van der Waals surface area contributed by atoms with Gasteiger partial charge in [-0.3, -0.25) is 4.79 Å². The molecule has 0 atom stereocenters. The van der Waals surface area contributed by atoms with E-state index in [2.05, 4.69) is 38.8 Å². The maximum absolute atomic E-state index is 12.6. The first kappa shape index (κ1) is 23.4. The van der Waals surface area contributed by atoms with E-state index in [0.29, 0.717) is 11.7 Å². The second-order valence-electron chi connectivity index (χ2n) is 7.74. The molecule has 9 heteroatoms. The summed E-state index contributed by atoms with van der Waals surface area (Å²) in [6.45, 7) is 6.42. The Kier molecular flexibility index (Phi) is 8.74. The number of hydrogen-bond donors (Lipinski definition) is 2.